The van der Waals surface area contributed by atoms with Gasteiger partial charge in [0.2, 0.25) is 0 Å². The van der Waals surface area contributed by atoms with Gasteiger partial charge in [-0.25, -0.2) is 4.79 Å². The Labute approximate surface area is 112 Å². The standard InChI is InChI=1S/C14H19NO4/c1-10-14(18,6-7-19-10)9-15-8-11-2-4-12(5-3-11)13(16)17/h2-5,10,15,18H,6-9H2,1H3,(H,16,17). The van der Waals surface area contributed by atoms with E-state index in [-0.39, 0.29) is 11.7 Å². The monoisotopic (exact) mass is 265 g/mol. The Balaban J connectivity index is 1.84. The average molecular weight is 265 g/mol. The number of rotatable bonds is 5. The second kappa shape index (κ2) is 5.69. The molecular weight excluding hydrogens is 246 g/mol. The fourth-order valence-electron chi connectivity index (χ4n) is 2.19. The normalized spacial score (nSPS) is 26.5. The van der Waals surface area contributed by atoms with Gasteiger partial charge in [0.05, 0.1) is 11.7 Å². The van der Waals surface area contributed by atoms with Crippen molar-refractivity contribution in [3.05, 3.63) is 35.4 Å². The van der Waals surface area contributed by atoms with Crippen molar-refractivity contribution in [1.29, 1.82) is 0 Å². The molecule has 0 aromatic heterocycles. The molecule has 104 valence electrons. The molecule has 0 aliphatic carbocycles. The van der Waals surface area contributed by atoms with Crippen molar-refractivity contribution < 1.29 is 19.7 Å². The number of nitrogens with one attached hydrogen (secondary N) is 1. The molecule has 0 radical (unpaired) electrons. The van der Waals surface area contributed by atoms with E-state index in [0.29, 0.717) is 26.1 Å². The molecule has 1 aliphatic heterocycles. The molecule has 1 saturated heterocycles. The van der Waals surface area contributed by atoms with E-state index in [1.165, 1.54) is 0 Å². The molecule has 5 heteroatoms. The topological polar surface area (TPSA) is 78.8 Å². The van der Waals surface area contributed by atoms with E-state index in [0.717, 1.165) is 5.56 Å². The molecule has 1 heterocycles. The highest BCUT2D eigenvalue weighted by atomic mass is 16.5. The summed E-state index contributed by atoms with van der Waals surface area (Å²) in [5.41, 5.74) is 0.460. The maximum Gasteiger partial charge on any atom is 0.335 e. The minimum Gasteiger partial charge on any atom is -0.478 e. The summed E-state index contributed by atoms with van der Waals surface area (Å²) in [6.45, 7) is 3.52. The number of benzene rings is 1. The zero-order valence-electron chi connectivity index (χ0n) is 10.9. The first-order valence-corrected chi connectivity index (χ1v) is 6.38. The van der Waals surface area contributed by atoms with Gasteiger partial charge < -0.3 is 20.3 Å². The first-order valence-electron chi connectivity index (χ1n) is 6.38. The number of carbonyl (C=O) groups is 1. The van der Waals surface area contributed by atoms with Crippen LogP contribution in [-0.2, 0) is 11.3 Å². The molecule has 3 N–H and O–H groups in total. The Morgan fingerprint density at radius 2 is 2.16 bits per heavy atom. The summed E-state index contributed by atoms with van der Waals surface area (Å²) in [7, 11) is 0. The van der Waals surface area contributed by atoms with Crippen LogP contribution in [0.3, 0.4) is 0 Å². The van der Waals surface area contributed by atoms with E-state index in [1.807, 2.05) is 6.92 Å². The lowest BCUT2D eigenvalue weighted by atomic mass is 9.96. The van der Waals surface area contributed by atoms with Gasteiger partial charge in [-0.2, -0.15) is 0 Å². The fourth-order valence-corrected chi connectivity index (χ4v) is 2.19. The van der Waals surface area contributed by atoms with Crippen LogP contribution in [0.1, 0.15) is 29.3 Å². The van der Waals surface area contributed by atoms with Crippen molar-refractivity contribution in [3.8, 4) is 0 Å². The van der Waals surface area contributed by atoms with Crippen LogP contribution >= 0.6 is 0 Å². The quantitative estimate of drug-likeness (QED) is 0.740. The third-order valence-corrected chi connectivity index (χ3v) is 3.62. The summed E-state index contributed by atoms with van der Waals surface area (Å²) in [5, 5.41) is 22.3. The molecule has 0 bridgehead atoms. The van der Waals surface area contributed by atoms with Gasteiger partial charge in [-0.1, -0.05) is 12.1 Å². The van der Waals surface area contributed by atoms with E-state index < -0.39 is 11.6 Å². The summed E-state index contributed by atoms with van der Waals surface area (Å²) >= 11 is 0. The van der Waals surface area contributed by atoms with Crippen molar-refractivity contribution in [2.75, 3.05) is 13.2 Å². The Morgan fingerprint density at radius 3 is 2.68 bits per heavy atom. The minimum atomic E-state index is -0.925. The van der Waals surface area contributed by atoms with Crippen LogP contribution in [0.15, 0.2) is 24.3 Å². The SMILES string of the molecule is CC1OCCC1(O)CNCc1ccc(C(=O)O)cc1. The molecule has 2 unspecified atom stereocenters. The van der Waals surface area contributed by atoms with Gasteiger partial charge in [-0.05, 0) is 24.6 Å². The second-order valence-electron chi connectivity index (χ2n) is 4.97. The zero-order chi connectivity index (χ0) is 13.9. The Bertz CT molecular complexity index is 445. The molecule has 0 saturated carbocycles. The van der Waals surface area contributed by atoms with Gasteiger partial charge in [0.25, 0.3) is 0 Å². The highest BCUT2D eigenvalue weighted by Crippen LogP contribution is 2.24. The Morgan fingerprint density at radius 1 is 1.47 bits per heavy atom. The maximum absolute atomic E-state index is 10.7. The first-order chi connectivity index (χ1) is 9.01. The van der Waals surface area contributed by atoms with E-state index in [1.54, 1.807) is 24.3 Å². The summed E-state index contributed by atoms with van der Waals surface area (Å²) in [6, 6.07) is 6.70. The lowest BCUT2D eigenvalue weighted by molar-refractivity contribution is -0.0262. The van der Waals surface area contributed by atoms with Crippen molar-refractivity contribution >= 4 is 5.97 Å². The summed E-state index contributed by atoms with van der Waals surface area (Å²) in [6.07, 6.45) is 0.480. The number of hydrogen-bond acceptors (Lipinski definition) is 4. The van der Waals surface area contributed by atoms with E-state index >= 15 is 0 Å². The highest BCUT2D eigenvalue weighted by Gasteiger charge is 2.38. The summed E-state index contributed by atoms with van der Waals surface area (Å²) < 4.78 is 5.36. The van der Waals surface area contributed by atoms with Gasteiger partial charge in [0.1, 0.15) is 5.60 Å². The Hall–Kier alpha value is -1.43. The lowest BCUT2D eigenvalue weighted by Crippen LogP contribution is -2.45. The summed E-state index contributed by atoms with van der Waals surface area (Å²) in [5.74, 6) is -0.925. The van der Waals surface area contributed by atoms with Crippen LogP contribution in [0.4, 0.5) is 0 Å². The minimum absolute atomic E-state index is 0.158. The Kier molecular flexibility index (Phi) is 4.19. The van der Waals surface area contributed by atoms with Crippen LogP contribution < -0.4 is 5.32 Å². The maximum atomic E-state index is 10.7. The number of aromatic carboxylic acids is 1. The van der Waals surface area contributed by atoms with E-state index in [2.05, 4.69) is 5.32 Å². The predicted octanol–water partition coefficient (Wildman–Crippen LogP) is 1.01. The smallest absolute Gasteiger partial charge is 0.335 e. The third-order valence-electron chi connectivity index (χ3n) is 3.62. The van der Waals surface area contributed by atoms with Crippen LogP contribution in [0, 0.1) is 0 Å². The van der Waals surface area contributed by atoms with Crippen LogP contribution in [0.25, 0.3) is 0 Å². The molecule has 19 heavy (non-hydrogen) atoms. The fraction of sp³-hybridized carbons (Fsp3) is 0.500. The number of carboxylic acid groups (broad SMARTS) is 1. The van der Waals surface area contributed by atoms with Gasteiger partial charge >= 0.3 is 5.97 Å². The van der Waals surface area contributed by atoms with Gasteiger partial charge in [-0.3, -0.25) is 0 Å². The van der Waals surface area contributed by atoms with Crippen LogP contribution in [-0.4, -0.2) is 41.0 Å². The lowest BCUT2D eigenvalue weighted by Gasteiger charge is -2.26. The molecular formula is C14H19NO4. The molecule has 2 atom stereocenters. The van der Waals surface area contributed by atoms with Crippen molar-refractivity contribution in [2.24, 2.45) is 0 Å². The number of ether oxygens (including phenoxy) is 1. The van der Waals surface area contributed by atoms with Gasteiger partial charge in [0, 0.05) is 26.1 Å². The number of hydrogen-bond donors (Lipinski definition) is 3. The number of aliphatic hydroxyl groups is 1. The molecule has 2 rings (SSSR count). The van der Waals surface area contributed by atoms with Gasteiger partial charge in [0.15, 0.2) is 0 Å². The highest BCUT2D eigenvalue weighted by molar-refractivity contribution is 5.87. The van der Waals surface area contributed by atoms with Crippen LogP contribution in [0.5, 0.6) is 0 Å². The van der Waals surface area contributed by atoms with Crippen molar-refractivity contribution in [3.63, 3.8) is 0 Å². The predicted molar refractivity (Wildman–Crippen MR) is 70.1 cm³/mol. The molecule has 1 aromatic rings. The zero-order valence-corrected chi connectivity index (χ0v) is 10.9. The van der Waals surface area contributed by atoms with E-state index in [9.17, 15) is 9.90 Å². The van der Waals surface area contributed by atoms with Crippen molar-refractivity contribution in [2.45, 2.75) is 31.6 Å². The number of carboxylic acids is 1. The van der Waals surface area contributed by atoms with Crippen LogP contribution in [0.2, 0.25) is 0 Å². The third kappa shape index (κ3) is 3.32. The van der Waals surface area contributed by atoms with E-state index in [4.69, 9.17) is 9.84 Å². The largest absolute Gasteiger partial charge is 0.478 e. The summed E-state index contributed by atoms with van der Waals surface area (Å²) in [4.78, 5) is 10.7. The second-order valence-corrected chi connectivity index (χ2v) is 4.97. The molecule has 0 amide bonds. The molecule has 5 nitrogen and oxygen atoms in total. The molecule has 0 spiro atoms. The first kappa shape index (κ1) is 14.0. The molecule has 1 aliphatic rings. The van der Waals surface area contributed by atoms with Crippen molar-refractivity contribution in [1.82, 2.24) is 5.32 Å². The molecule has 1 fully saturated rings. The molecule has 1 aromatic carbocycles. The van der Waals surface area contributed by atoms with Gasteiger partial charge in [-0.15, -0.1) is 0 Å². The average Bonchev–Trinajstić information content (AvgIpc) is 2.70.